The molecule has 0 radical (unpaired) electrons. The van der Waals surface area contributed by atoms with E-state index in [-0.39, 0.29) is 6.61 Å². The molecule has 0 heterocycles. The fraction of sp³-hybridized carbons (Fsp3) is 0.300. The number of aliphatic hydroxyl groups excluding tert-OH is 2. The zero-order valence-electron chi connectivity index (χ0n) is 13.5. The van der Waals surface area contributed by atoms with E-state index in [9.17, 15) is 5.11 Å². The third-order valence-electron chi connectivity index (χ3n) is 3.77. The second-order valence-corrected chi connectivity index (χ2v) is 8.29. The molecule has 0 bridgehead atoms. The van der Waals surface area contributed by atoms with Crippen molar-refractivity contribution in [2.75, 3.05) is 6.61 Å². The second-order valence-electron chi connectivity index (χ2n) is 5.63. The summed E-state index contributed by atoms with van der Waals surface area (Å²) in [4.78, 5) is 0. The number of allylic oxidation sites excluding steroid dienone is 1. The Hall–Kier alpha value is -1.47. The molecule has 2 rings (SSSR count). The Bertz CT molecular complexity index is 544. The predicted molar refractivity (Wildman–Crippen MR) is 100 cm³/mol. The molecule has 3 heteroatoms. The largest absolute Gasteiger partial charge is 0.396 e. The van der Waals surface area contributed by atoms with E-state index in [4.69, 9.17) is 5.11 Å². The smallest absolute Gasteiger partial charge is 0.0742 e. The molecule has 2 aromatic rings. The van der Waals surface area contributed by atoms with Crippen LogP contribution in [0.1, 0.15) is 19.8 Å². The van der Waals surface area contributed by atoms with Crippen molar-refractivity contribution in [2.24, 2.45) is 0 Å². The molecule has 122 valence electrons. The van der Waals surface area contributed by atoms with Crippen LogP contribution in [0.25, 0.3) is 0 Å². The molecular formula is C20H25O2P. The fourth-order valence-electron chi connectivity index (χ4n) is 2.60. The summed E-state index contributed by atoms with van der Waals surface area (Å²) in [5.41, 5.74) is 0.479. The highest BCUT2D eigenvalue weighted by atomic mass is 31.1. The summed E-state index contributed by atoms with van der Waals surface area (Å²) in [6.07, 6.45) is 4.61. The van der Waals surface area contributed by atoms with Gasteiger partial charge in [0.25, 0.3) is 0 Å². The zero-order valence-corrected chi connectivity index (χ0v) is 14.4. The van der Waals surface area contributed by atoms with E-state index in [1.165, 1.54) is 10.6 Å². The van der Waals surface area contributed by atoms with Crippen LogP contribution in [-0.4, -0.2) is 28.6 Å². The first kappa shape index (κ1) is 17.9. The van der Waals surface area contributed by atoms with E-state index >= 15 is 0 Å². The summed E-state index contributed by atoms with van der Waals surface area (Å²) in [5, 5.41) is 21.3. The van der Waals surface area contributed by atoms with Crippen molar-refractivity contribution in [2.45, 2.75) is 31.5 Å². The molecule has 0 spiro atoms. The number of hydrogen-bond donors (Lipinski definition) is 2. The summed E-state index contributed by atoms with van der Waals surface area (Å²) in [7, 11) is -0.433. The van der Waals surface area contributed by atoms with Gasteiger partial charge < -0.3 is 10.2 Å². The normalized spacial score (nSPS) is 14.3. The predicted octanol–water partition coefficient (Wildman–Crippen LogP) is 3.20. The van der Waals surface area contributed by atoms with Crippen LogP contribution >= 0.6 is 7.92 Å². The van der Waals surface area contributed by atoms with Crippen LogP contribution in [0.15, 0.2) is 72.8 Å². The Morgan fingerprint density at radius 2 is 1.48 bits per heavy atom. The number of aliphatic hydroxyl groups is 2. The molecule has 2 N–H and O–H groups in total. The van der Waals surface area contributed by atoms with Gasteiger partial charge in [-0.15, -0.1) is 0 Å². The molecule has 23 heavy (non-hydrogen) atoms. The summed E-state index contributed by atoms with van der Waals surface area (Å²) in [6.45, 7) is 2.29. The SMILES string of the molecule is CC(C/C=C/C(O)CCO)P(c1ccccc1)c1ccccc1. The third-order valence-corrected chi connectivity index (χ3v) is 6.57. The number of benzene rings is 2. The molecule has 0 saturated carbocycles. The third kappa shape index (κ3) is 5.58. The maximum atomic E-state index is 9.69. The van der Waals surface area contributed by atoms with E-state index < -0.39 is 14.0 Å². The average molecular weight is 328 g/mol. The first-order valence-electron chi connectivity index (χ1n) is 8.07. The summed E-state index contributed by atoms with van der Waals surface area (Å²) in [5.74, 6) is 0. The van der Waals surface area contributed by atoms with Gasteiger partial charge in [-0.2, -0.15) is 0 Å². The Kier molecular flexibility index (Phi) is 7.48. The highest BCUT2D eigenvalue weighted by molar-refractivity contribution is 7.73. The van der Waals surface area contributed by atoms with Crippen molar-refractivity contribution in [1.29, 1.82) is 0 Å². The van der Waals surface area contributed by atoms with Gasteiger partial charge in [0.05, 0.1) is 6.10 Å². The first-order valence-corrected chi connectivity index (χ1v) is 9.48. The topological polar surface area (TPSA) is 40.5 Å². The van der Waals surface area contributed by atoms with Crippen molar-refractivity contribution in [3.8, 4) is 0 Å². The van der Waals surface area contributed by atoms with Crippen LogP contribution in [0, 0.1) is 0 Å². The van der Waals surface area contributed by atoms with Crippen LogP contribution in [0.2, 0.25) is 0 Å². The Morgan fingerprint density at radius 3 is 1.96 bits per heavy atom. The molecule has 2 atom stereocenters. The van der Waals surface area contributed by atoms with E-state index in [0.29, 0.717) is 12.1 Å². The van der Waals surface area contributed by atoms with Crippen molar-refractivity contribution in [1.82, 2.24) is 0 Å². The quantitative estimate of drug-likeness (QED) is 0.577. The van der Waals surface area contributed by atoms with Gasteiger partial charge in [-0.1, -0.05) is 79.7 Å². The van der Waals surface area contributed by atoms with Gasteiger partial charge in [-0.05, 0) is 37.0 Å². The Balaban J connectivity index is 2.14. The standard InChI is InChI=1S/C20H25O2P/c1-17(9-8-10-18(22)15-16-21)23(19-11-4-2-5-12-19)20-13-6-3-7-14-20/h2-8,10-14,17-18,21-22H,9,15-16H2,1H3/b10-8+. The zero-order chi connectivity index (χ0) is 16.5. The molecule has 0 fully saturated rings. The number of rotatable bonds is 8. The lowest BCUT2D eigenvalue weighted by molar-refractivity contribution is 0.170. The Labute approximate surface area is 140 Å². The lowest BCUT2D eigenvalue weighted by Crippen LogP contribution is -2.19. The van der Waals surface area contributed by atoms with Crippen LogP contribution in [0.3, 0.4) is 0 Å². The first-order chi connectivity index (χ1) is 11.2. The monoisotopic (exact) mass is 328 g/mol. The lowest BCUT2D eigenvalue weighted by Gasteiger charge is -2.25. The van der Waals surface area contributed by atoms with Crippen molar-refractivity contribution < 1.29 is 10.2 Å². The van der Waals surface area contributed by atoms with Crippen LogP contribution < -0.4 is 10.6 Å². The molecule has 2 unspecified atom stereocenters. The van der Waals surface area contributed by atoms with E-state index in [1.54, 1.807) is 6.08 Å². The van der Waals surface area contributed by atoms with E-state index in [0.717, 1.165) is 6.42 Å². The average Bonchev–Trinajstić information content (AvgIpc) is 2.57. The van der Waals surface area contributed by atoms with Gasteiger partial charge in [0.15, 0.2) is 0 Å². The number of hydrogen-bond acceptors (Lipinski definition) is 2. The summed E-state index contributed by atoms with van der Waals surface area (Å²) < 4.78 is 0. The lowest BCUT2D eigenvalue weighted by atomic mass is 10.2. The van der Waals surface area contributed by atoms with Crippen molar-refractivity contribution in [3.63, 3.8) is 0 Å². The van der Waals surface area contributed by atoms with Crippen LogP contribution in [0.5, 0.6) is 0 Å². The molecule has 0 aliphatic carbocycles. The molecule has 0 amide bonds. The summed E-state index contributed by atoms with van der Waals surface area (Å²) in [6, 6.07) is 21.3. The van der Waals surface area contributed by atoms with E-state index in [1.807, 2.05) is 6.08 Å². The highest BCUT2D eigenvalue weighted by Gasteiger charge is 2.19. The molecule has 2 nitrogen and oxygen atoms in total. The van der Waals surface area contributed by atoms with Gasteiger partial charge in [0.1, 0.15) is 0 Å². The molecular weight excluding hydrogens is 303 g/mol. The van der Waals surface area contributed by atoms with Crippen LogP contribution in [-0.2, 0) is 0 Å². The molecule has 0 aliphatic heterocycles. The maximum absolute atomic E-state index is 9.69. The second kappa shape index (κ2) is 9.62. The van der Waals surface area contributed by atoms with Crippen molar-refractivity contribution in [3.05, 3.63) is 72.8 Å². The maximum Gasteiger partial charge on any atom is 0.0742 e. The van der Waals surface area contributed by atoms with Gasteiger partial charge in [-0.25, -0.2) is 0 Å². The van der Waals surface area contributed by atoms with E-state index in [2.05, 4.69) is 67.6 Å². The van der Waals surface area contributed by atoms with Gasteiger partial charge >= 0.3 is 0 Å². The summed E-state index contributed by atoms with van der Waals surface area (Å²) >= 11 is 0. The fourth-order valence-corrected chi connectivity index (χ4v) is 5.24. The van der Waals surface area contributed by atoms with Gasteiger partial charge in [-0.3, -0.25) is 0 Å². The minimum absolute atomic E-state index is 0.0157. The van der Waals surface area contributed by atoms with Gasteiger partial charge in [0, 0.05) is 6.61 Å². The molecule has 0 saturated heterocycles. The minimum atomic E-state index is -0.549. The Morgan fingerprint density at radius 1 is 0.957 bits per heavy atom. The minimum Gasteiger partial charge on any atom is -0.396 e. The molecule has 0 aromatic heterocycles. The van der Waals surface area contributed by atoms with Crippen LogP contribution in [0.4, 0.5) is 0 Å². The van der Waals surface area contributed by atoms with Crippen molar-refractivity contribution >= 4 is 18.5 Å². The highest BCUT2D eigenvalue weighted by Crippen LogP contribution is 2.40. The van der Waals surface area contributed by atoms with Gasteiger partial charge in [0.2, 0.25) is 0 Å². The molecule has 0 aliphatic rings. The molecule has 2 aromatic carbocycles.